The van der Waals surface area contributed by atoms with Crippen molar-refractivity contribution in [3.8, 4) is 17.4 Å². The van der Waals surface area contributed by atoms with Crippen molar-refractivity contribution in [1.29, 1.82) is 0 Å². The molecule has 0 bridgehead atoms. The summed E-state index contributed by atoms with van der Waals surface area (Å²) in [6, 6.07) is 19.5. The van der Waals surface area contributed by atoms with Crippen LogP contribution in [-0.4, -0.2) is 13.4 Å². The first-order chi connectivity index (χ1) is 13.1. The molecule has 1 aromatic heterocycles. The molecule has 5 nitrogen and oxygen atoms in total. The van der Waals surface area contributed by atoms with Crippen molar-refractivity contribution in [2.45, 2.75) is 12.8 Å². The second-order valence-electron chi connectivity index (χ2n) is 6.09. The van der Waals surface area contributed by atoms with Crippen LogP contribution in [0.5, 0.6) is 17.4 Å². The van der Waals surface area contributed by atoms with E-state index in [1.807, 2.05) is 30.3 Å². The molecular formula is C21H17NO4S. The minimum absolute atomic E-state index is 0.239. The lowest BCUT2D eigenvalue weighted by Gasteiger charge is -2.16. The van der Waals surface area contributed by atoms with E-state index in [-0.39, 0.29) is 10.7 Å². The third-order valence-corrected chi connectivity index (χ3v) is 5.60. The molecule has 0 atom stereocenters. The first kappa shape index (κ1) is 17.3. The van der Waals surface area contributed by atoms with E-state index in [0.29, 0.717) is 24.5 Å². The number of rotatable bonds is 5. The van der Waals surface area contributed by atoms with E-state index in [2.05, 4.69) is 4.98 Å². The Morgan fingerprint density at radius 1 is 0.815 bits per heavy atom. The Bertz CT molecular complexity index is 1070. The number of allylic oxidation sites excluding steroid dienone is 1. The van der Waals surface area contributed by atoms with Gasteiger partial charge in [-0.25, -0.2) is 4.98 Å². The van der Waals surface area contributed by atoms with Gasteiger partial charge < -0.3 is 8.92 Å². The molecule has 0 unspecified atom stereocenters. The molecule has 0 saturated heterocycles. The van der Waals surface area contributed by atoms with Gasteiger partial charge in [-0.2, -0.15) is 8.42 Å². The fourth-order valence-corrected chi connectivity index (χ4v) is 3.97. The molecule has 0 fully saturated rings. The molecule has 0 amide bonds. The topological polar surface area (TPSA) is 65.5 Å². The molecule has 1 heterocycles. The highest BCUT2D eigenvalue weighted by Gasteiger charge is 2.23. The molecule has 2 aromatic carbocycles. The molecule has 1 aliphatic carbocycles. The highest BCUT2D eigenvalue weighted by atomic mass is 32.2. The van der Waals surface area contributed by atoms with Crippen molar-refractivity contribution < 1.29 is 17.3 Å². The normalized spacial score (nSPS) is 13.4. The van der Waals surface area contributed by atoms with Gasteiger partial charge in [0.15, 0.2) is 0 Å². The van der Waals surface area contributed by atoms with Crippen LogP contribution in [0.15, 0.2) is 77.8 Å². The molecule has 0 aliphatic heterocycles. The van der Waals surface area contributed by atoms with E-state index >= 15 is 0 Å². The average Bonchev–Trinajstić information content (AvgIpc) is 2.70. The van der Waals surface area contributed by atoms with E-state index in [4.69, 9.17) is 8.92 Å². The SMILES string of the molecule is O=S(=O)(Oc1ccc(Oc2ccccn2)cc1)C1=Cc2ccccc2CC1. The smallest absolute Gasteiger partial charge is 0.335 e. The zero-order chi connectivity index (χ0) is 18.7. The van der Waals surface area contributed by atoms with Crippen LogP contribution < -0.4 is 8.92 Å². The number of benzene rings is 2. The zero-order valence-corrected chi connectivity index (χ0v) is 15.2. The Morgan fingerprint density at radius 2 is 1.56 bits per heavy atom. The van der Waals surface area contributed by atoms with Gasteiger partial charge >= 0.3 is 10.1 Å². The summed E-state index contributed by atoms with van der Waals surface area (Å²) in [5.41, 5.74) is 2.07. The summed E-state index contributed by atoms with van der Waals surface area (Å²) in [6.45, 7) is 0. The number of aromatic nitrogens is 1. The molecular weight excluding hydrogens is 362 g/mol. The average molecular weight is 379 g/mol. The molecule has 6 heteroatoms. The third kappa shape index (κ3) is 4.01. The zero-order valence-electron chi connectivity index (χ0n) is 14.4. The molecule has 136 valence electrons. The number of aryl methyl sites for hydroxylation is 1. The van der Waals surface area contributed by atoms with Crippen molar-refractivity contribution in [3.05, 3.63) is 89.0 Å². The molecule has 3 aromatic rings. The summed E-state index contributed by atoms with van der Waals surface area (Å²) >= 11 is 0. The molecule has 4 rings (SSSR count). The standard InChI is InChI=1S/C21H17NO4S/c23-27(24,20-13-8-16-5-1-2-6-17(16)15-20)26-19-11-9-18(10-12-19)25-21-7-3-4-14-22-21/h1-7,9-12,14-15H,8,13H2. The Balaban J connectivity index is 1.49. The van der Waals surface area contributed by atoms with E-state index in [9.17, 15) is 8.42 Å². The van der Waals surface area contributed by atoms with Crippen LogP contribution in [0, 0.1) is 0 Å². The largest absolute Gasteiger partial charge is 0.439 e. The number of hydrogen-bond acceptors (Lipinski definition) is 5. The third-order valence-electron chi connectivity index (χ3n) is 4.22. The van der Waals surface area contributed by atoms with E-state index < -0.39 is 10.1 Å². The van der Waals surface area contributed by atoms with Gasteiger partial charge in [0, 0.05) is 12.3 Å². The number of fused-ring (bicyclic) bond motifs is 1. The minimum atomic E-state index is -3.84. The number of pyridine rings is 1. The second kappa shape index (κ2) is 7.25. The molecule has 0 N–H and O–H groups in total. The minimum Gasteiger partial charge on any atom is -0.439 e. The van der Waals surface area contributed by atoms with Crippen LogP contribution in [0.4, 0.5) is 0 Å². The van der Waals surface area contributed by atoms with Crippen LogP contribution in [0.1, 0.15) is 17.5 Å². The van der Waals surface area contributed by atoms with Gasteiger partial charge in [-0.3, -0.25) is 0 Å². The van der Waals surface area contributed by atoms with Crippen molar-refractivity contribution in [2.75, 3.05) is 0 Å². The lowest BCUT2D eigenvalue weighted by atomic mass is 9.98. The van der Waals surface area contributed by atoms with Gasteiger partial charge in [0.2, 0.25) is 5.88 Å². The summed E-state index contributed by atoms with van der Waals surface area (Å²) in [5, 5.41) is 0. The summed E-state index contributed by atoms with van der Waals surface area (Å²) in [4.78, 5) is 4.37. The summed E-state index contributed by atoms with van der Waals surface area (Å²) < 4.78 is 36.1. The molecule has 1 aliphatic rings. The number of ether oxygens (including phenoxy) is 1. The van der Waals surface area contributed by atoms with Crippen LogP contribution in [0.3, 0.4) is 0 Å². The highest BCUT2D eigenvalue weighted by Crippen LogP contribution is 2.29. The number of hydrogen-bond donors (Lipinski definition) is 0. The fraction of sp³-hybridized carbons (Fsp3) is 0.0952. The molecule has 0 saturated carbocycles. The van der Waals surface area contributed by atoms with E-state index in [0.717, 1.165) is 11.1 Å². The van der Waals surface area contributed by atoms with Crippen LogP contribution >= 0.6 is 0 Å². The number of nitrogens with zero attached hydrogens (tertiary/aromatic N) is 1. The summed E-state index contributed by atoms with van der Waals surface area (Å²) in [5.74, 6) is 1.25. The molecule has 27 heavy (non-hydrogen) atoms. The van der Waals surface area contributed by atoms with Crippen molar-refractivity contribution in [3.63, 3.8) is 0 Å². The van der Waals surface area contributed by atoms with Gasteiger partial charge in [0.25, 0.3) is 0 Å². The van der Waals surface area contributed by atoms with E-state index in [1.165, 1.54) is 0 Å². The predicted octanol–water partition coefficient (Wildman–Crippen LogP) is 4.57. The maximum Gasteiger partial charge on any atom is 0.335 e. The van der Waals surface area contributed by atoms with Crippen molar-refractivity contribution in [1.82, 2.24) is 4.98 Å². The quantitative estimate of drug-likeness (QED) is 0.608. The van der Waals surface area contributed by atoms with Gasteiger partial charge in [-0.05, 0) is 60.4 Å². The lowest BCUT2D eigenvalue weighted by Crippen LogP contribution is -2.15. The summed E-state index contributed by atoms with van der Waals surface area (Å²) in [7, 11) is -3.84. The van der Waals surface area contributed by atoms with Crippen LogP contribution in [0.2, 0.25) is 0 Å². The second-order valence-corrected chi connectivity index (χ2v) is 7.69. The van der Waals surface area contributed by atoms with Crippen molar-refractivity contribution >= 4 is 16.2 Å². The maximum absolute atomic E-state index is 12.6. The maximum atomic E-state index is 12.6. The van der Waals surface area contributed by atoms with Crippen molar-refractivity contribution in [2.24, 2.45) is 0 Å². The Morgan fingerprint density at radius 3 is 2.33 bits per heavy atom. The van der Waals surface area contributed by atoms with Gasteiger partial charge in [-0.15, -0.1) is 0 Å². The highest BCUT2D eigenvalue weighted by molar-refractivity contribution is 7.91. The van der Waals surface area contributed by atoms with Crippen LogP contribution in [0.25, 0.3) is 6.08 Å². The lowest BCUT2D eigenvalue weighted by molar-refractivity contribution is 0.460. The Kier molecular flexibility index (Phi) is 4.64. The molecule has 0 spiro atoms. The van der Waals surface area contributed by atoms with Gasteiger partial charge in [-0.1, -0.05) is 30.3 Å². The van der Waals surface area contributed by atoms with Gasteiger partial charge in [0.05, 0.1) is 4.91 Å². The Hall–Kier alpha value is -3.12. The summed E-state index contributed by atoms with van der Waals surface area (Å²) in [6.07, 6.45) is 4.43. The fourth-order valence-electron chi connectivity index (χ4n) is 2.87. The van der Waals surface area contributed by atoms with Gasteiger partial charge in [0.1, 0.15) is 11.5 Å². The Labute approximate surface area is 158 Å². The molecule has 0 radical (unpaired) electrons. The first-order valence-electron chi connectivity index (χ1n) is 8.52. The monoisotopic (exact) mass is 379 g/mol. The van der Waals surface area contributed by atoms with Crippen LogP contribution in [-0.2, 0) is 16.5 Å². The predicted molar refractivity (Wildman–Crippen MR) is 103 cm³/mol. The first-order valence-corrected chi connectivity index (χ1v) is 9.93. The van der Waals surface area contributed by atoms with E-state index in [1.54, 1.807) is 48.7 Å².